The molecular formula is C14H18O5. The first-order valence-electron chi connectivity index (χ1n) is 6.15. The van der Waals surface area contributed by atoms with Crippen LogP contribution >= 0.6 is 0 Å². The Bertz CT molecular complexity index is 441. The summed E-state index contributed by atoms with van der Waals surface area (Å²) < 4.78 is 15.4. The fourth-order valence-electron chi connectivity index (χ4n) is 1.61. The molecule has 1 unspecified atom stereocenters. The van der Waals surface area contributed by atoms with Crippen molar-refractivity contribution in [2.45, 2.75) is 26.9 Å². The first-order chi connectivity index (χ1) is 9.10. The van der Waals surface area contributed by atoms with Crippen LogP contribution in [0, 0.1) is 0 Å². The molecule has 19 heavy (non-hydrogen) atoms. The highest BCUT2D eigenvalue weighted by atomic mass is 16.6. The van der Waals surface area contributed by atoms with E-state index in [9.17, 15) is 9.59 Å². The maximum atomic E-state index is 11.9. The SMILES string of the molecule is CCOC(=O)C(OC(C)=O)c1ccccc1OCC. The van der Waals surface area contributed by atoms with Gasteiger partial charge in [0.25, 0.3) is 0 Å². The molecule has 0 aliphatic carbocycles. The Morgan fingerprint density at radius 2 is 1.84 bits per heavy atom. The Morgan fingerprint density at radius 3 is 2.42 bits per heavy atom. The number of carbonyl (C=O) groups is 2. The van der Waals surface area contributed by atoms with Crippen molar-refractivity contribution < 1.29 is 23.8 Å². The monoisotopic (exact) mass is 266 g/mol. The van der Waals surface area contributed by atoms with Gasteiger partial charge in [0.15, 0.2) is 0 Å². The van der Waals surface area contributed by atoms with E-state index >= 15 is 0 Å². The highest BCUT2D eigenvalue weighted by Crippen LogP contribution is 2.28. The minimum Gasteiger partial charge on any atom is -0.493 e. The molecule has 0 aliphatic heterocycles. The molecule has 104 valence electrons. The largest absolute Gasteiger partial charge is 0.493 e. The van der Waals surface area contributed by atoms with Gasteiger partial charge >= 0.3 is 11.9 Å². The van der Waals surface area contributed by atoms with E-state index in [0.717, 1.165) is 0 Å². The number of ether oxygens (including phenoxy) is 3. The minimum absolute atomic E-state index is 0.216. The quantitative estimate of drug-likeness (QED) is 0.739. The second-order valence-electron chi connectivity index (χ2n) is 3.71. The van der Waals surface area contributed by atoms with Gasteiger partial charge in [0, 0.05) is 12.5 Å². The average molecular weight is 266 g/mol. The summed E-state index contributed by atoms with van der Waals surface area (Å²) in [5.41, 5.74) is 0.484. The van der Waals surface area contributed by atoms with Crippen LogP contribution in [0.2, 0.25) is 0 Å². The number of rotatable bonds is 6. The van der Waals surface area contributed by atoms with E-state index in [1.165, 1.54) is 6.92 Å². The molecule has 1 aromatic rings. The number of hydrogen-bond acceptors (Lipinski definition) is 5. The lowest BCUT2D eigenvalue weighted by Crippen LogP contribution is -2.21. The molecule has 0 N–H and O–H groups in total. The van der Waals surface area contributed by atoms with Crippen LogP contribution in [0.3, 0.4) is 0 Å². The van der Waals surface area contributed by atoms with Gasteiger partial charge in [-0.25, -0.2) is 4.79 Å². The summed E-state index contributed by atoms with van der Waals surface area (Å²) in [4.78, 5) is 23.0. The zero-order valence-electron chi connectivity index (χ0n) is 11.3. The van der Waals surface area contributed by atoms with Crippen LogP contribution in [0.4, 0.5) is 0 Å². The Morgan fingerprint density at radius 1 is 1.16 bits per heavy atom. The summed E-state index contributed by atoms with van der Waals surface area (Å²) in [5.74, 6) is -0.654. The van der Waals surface area contributed by atoms with Crippen molar-refractivity contribution in [1.29, 1.82) is 0 Å². The van der Waals surface area contributed by atoms with Crippen LogP contribution in [0.1, 0.15) is 32.4 Å². The molecule has 0 saturated heterocycles. The summed E-state index contributed by atoms with van der Waals surface area (Å²) >= 11 is 0. The number of carbonyl (C=O) groups excluding carboxylic acids is 2. The summed E-state index contributed by atoms with van der Waals surface area (Å²) in [6.07, 6.45) is -1.10. The standard InChI is InChI=1S/C14H18O5/c1-4-17-12-9-7-6-8-11(12)13(19-10(3)15)14(16)18-5-2/h6-9,13H,4-5H2,1-3H3. The molecule has 5 heteroatoms. The number of para-hydroxylation sites is 1. The van der Waals surface area contributed by atoms with Gasteiger partial charge < -0.3 is 14.2 Å². The van der Waals surface area contributed by atoms with Crippen molar-refractivity contribution in [3.8, 4) is 5.75 Å². The Hall–Kier alpha value is -2.04. The van der Waals surface area contributed by atoms with Crippen molar-refractivity contribution in [3.05, 3.63) is 29.8 Å². The van der Waals surface area contributed by atoms with Crippen molar-refractivity contribution in [2.24, 2.45) is 0 Å². The van der Waals surface area contributed by atoms with E-state index in [0.29, 0.717) is 17.9 Å². The summed E-state index contributed by atoms with van der Waals surface area (Å²) in [7, 11) is 0. The summed E-state index contributed by atoms with van der Waals surface area (Å²) in [6.45, 7) is 5.44. The summed E-state index contributed by atoms with van der Waals surface area (Å²) in [5, 5.41) is 0. The van der Waals surface area contributed by atoms with Gasteiger partial charge in [-0.05, 0) is 19.9 Å². The molecule has 1 aromatic carbocycles. The molecule has 0 aliphatic rings. The second-order valence-corrected chi connectivity index (χ2v) is 3.71. The maximum Gasteiger partial charge on any atom is 0.352 e. The van der Waals surface area contributed by atoms with Crippen LogP contribution in [0.25, 0.3) is 0 Å². The third-order valence-electron chi connectivity index (χ3n) is 2.29. The molecule has 0 spiro atoms. The second kappa shape index (κ2) is 7.41. The van der Waals surface area contributed by atoms with Crippen molar-refractivity contribution in [2.75, 3.05) is 13.2 Å². The van der Waals surface area contributed by atoms with Gasteiger partial charge in [0.05, 0.1) is 13.2 Å². The fourth-order valence-corrected chi connectivity index (χ4v) is 1.61. The molecule has 0 aromatic heterocycles. The zero-order valence-corrected chi connectivity index (χ0v) is 11.3. The lowest BCUT2D eigenvalue weighted by Gasteiger charge is -2.18. The van der Waals surface area contributed by atoms with Crippen LogP contribution in [0.15, 0.2) is 24.3 Å². The molecule has 0 heterocycles. The number of esters is 2. The Kier molecular flexibility index (Phi) is 5.85. The van der Waals surface area contributed by atoms with E-state index in [1.54, 1.807) is 31.2 Å². The normalized spacial score (nSPS) is 11.5. The third kappa shape index (κ3) is 4.28. The van der Waals surface area contributed by atoms with Crippen molar-refractivity contribution >= 4 is 11.9 Å². The smallest absolute Gasteiger partial charge is 0.352 e. The maximum absolute atomic E-state index is 11.9. The van der Waals surface area contributed by atoms with Gasteiger partial charge in [-0.2, -0.15) is 0 Å². The molecular weight excluding hydrogens is 248 g/mol. The number of benzene rings is 1. The first kappa shape index (κ1) is 15.0. The van der Waals surface area contributed by atoms with E-state index < -0.39 is 18.0 Å². The van der Waals surface area contributed by atoms with Crippen LogP contribution < -0.4 is 4.74 Å². The Labute approximate surface area is 112 Å². The molecule has 0 saturated carbocycles. The van der Waals surface area contributed by atoms with E-state index in [4.69, 9.17) is 14.2 Å². The highest BCUT2D eigenvalue weighted by Gasteiger charge is 2.28. The minimum atomic E-state index is -1.10. The van der Waals surface area contributed by atoms with Gasteiger partial charge in [-0.15, -0.1) is 0 Å². The zero-order chi connectivity index (χ0) is 14.3. The van der Waals surface area contributed by atoms with E-state index in [2.05, 4.69) is 0 Å². The molecule has 1 rings (SSSR count). The van der Waals surface area contributed by atoms with E-state index in [1.807, 2.05) is 6.92 Å². The van der Waals surface area contributed by atoms with Crippen molar-refractivity contribution in [3.63, 3.8) is 0 Å². The molecule has 0 fully saturated rings. The third-order valence-corrected chi connectivity index (χ3v) is 2.29. The molecule has 5 nitrogen and oxygen atoms in total. The predicted octanol–water partition coefficient (Wildman–Crippen LogP) is 2.25. The molecule has 0 amide bonds. The topological polar surface area (TPSA) is 61.8 Å². The van der Waals surface area contributed by atoms with Gasteiger partial charge in [-0.3, -0.25) is 4.79 Å². The van der Waals surface area contributed by atoms with E-state index in [-0.39, 0.29) is 6.61 Å². The van der Waals surface area contributed by atoms with Crippen molar-refractivity contribution in [1.82, 2.24) is 0 Å². The van der Waals surface area contributed by atoms with Crippen LogP contribution in [0.5, 0.6) is 5.75 Å². The molecule has 1 atom stereocenters. The molecule has 0 bridgehead atoms. The van der Waals surface area contributed by atoms with Crippen LogP contribution in [-0.4, -0.2) is 25.2 Å². The first-order valence-corrected chi connectivity index (χ1v) is 6.15. The van der Waals surface area contributed by atoms with Gasteiger partial charge in [0.1, 0.15) is 5.75 Å². The predicted molar refractivity (Wildman–Crippen MR) is 68.8 cm³/mol. The molecule has 0 radical (unpaired) electrons. The fraction of sp³-hybridized carbons (Fsp3) is 0.429. The lowest BCUT2D eigenvalue weighted by atomic mass is 10.1. The van der Waals surface area contributed by atoms with Crippen LogP contribution in [-0.2, 0) is 19.1 Å². The lowest BCUT2D eigenvalue weighted by molar-refractivity contribution is -0.167. The van der Waals surface area contributed by atoms with Gasteiger partial charge in [0.2, 0.25) is 6.10 Å². The summed E-state index contributed by atoms with van der Waals surface area (Å²) in [6, 6.07) is 6.92. The van der Waals surface area contributed by atoms with Gasteiger partial charge in [-0.1, -0.05) is 18.2 Å². The average Bonchev–Trinajstić information content (AvgIpc) is 2.37. The highest BCUT2D eigenvalue weighted by molar-refractivity contribution is 5.81. The Balaban J connectivity index is 3.08. The number of hydrogen-bond donors (Lipinski definition) is 0.